The number of carbonyl (C=O) groups is 1. The number of ether oxygens (including phenoxy) is 1. The van der Waals surface area contributed by atoms with Gasteiger partial charge in [0.25, 0.3) is 11.1 Å². The predicted octanol–water partition coefficient (Wildman–Crippen LogP) is 2.89. The van der Waals surface area contributed by atoms with Gasteiger partial charge in [-0.1, -0.05) is 17.4 Å². The highest BCUT2D eigenvalue weighted by atomic mass is 32.1. The second kappa shape index (κ2) is 6.13. The van der Waals surface area contributed by atoms with E-state index in [9.17, 15) is 4.79 Å². The number of likely N-dealkylation sites (tertiary alicyclic amines) is 1. The van der Waals surface area contributed by atoms with Gasteiger partial charge in [0, 0.05) is 24.5 Å². The predicted molar refractivity (Wildman–Crippen MR) is 89.0 cm³/mol. The van der Waals surface area contributed by atoms with Crippen LogP contribution >= 0.6 is 22.7 Å². The lowest BCUT2D eigenvalue weighted by Gasteiger charge is -2.15. The van der Waals surface area contributed by atoms with Crippen molar-refractivity contribution in [3.8, 4) is 15.8 Å². The van der Waals surface area contributed by atoms with E-state index in [1.165, 1.54) is 11.3 Å². The molecule has 3 aromatic heterocycles. The zero-order chi connectivity index (χ0) is 15.6. The zero-order valence-corrected chi connectivity index (χ0v) is 13.8. The smallest absolute Gasteiger partial charge is 0.274 e. The number of carbonyl (C=O) groups excluding carboxylic acids is 1. The van der Waals surface area contributed by atoms with Gasteiger partial charge in [-0.15, -0.1) is 11.3 Å². The summed E-state index contributed by atoms with van der Waals surface area (Å²) >= 11 is 3.08. The van der Waals surface area contributed by atoms with Crippen molar-refractivity contribution in [2.75, 3.05) is 13.1 Å². The molecule has 1 saturated heterocycles. The molecule has 3 aromatic rings. The molecule has 0 aromatic carbocycles. The maximum atomic E-state index is 12.6. The summed E-state index contributed by atoms with van der Waals surface area (Å²) in [5, 5.41) is 11.6. The number of thiazole rings is 1. The summed E-state index contributed by atoms with van der Waals surface area (Å²) in [5.74, 6) is -0.0608. The van der Waals surface area contributed by atoms with Gasteiger partial charge in [-0.25, -0.2) is 4.98 Å². The fourth-order valence-corrected chi connectivity index (χ4v) is 3.82. The highest BCUT2D eigenvalue weighted by Gasteiger charge is 2.30. The number of nitrogens with zero attached hydrogens (tertiary/aromatic N) is 3. The van der Waals surface area contributed by atoms with Crippen molar-refractivity contribution < 1.29 is 9.53 Å². The van der Waals surface area contributed by atoms with E-state index >= 15 is 0 Å². The Balaban J connectivity index is 1.42. The van der Waals surface area contributed by atoms with Crippen LogP contribution in [0.3, 0.4) is 0 Å². The standard InChI is InChI=1S/C15H14N4O2S2/c20-14(12-8-11(17-18-12)13-2-1-6-22-13)19-5-3-10(9-19)21-15-16-4-7-23-15/h1-2,4,6-8,10H,3,5,9H2,(H,17,18). The molecule has 4 rings (SSSR count). The van der Waals surface area contributed by atoms with Gasteiger partial charge in [-0.05, 0) is 17.5 Å². The van der Waals surface area contributed by atoms with Crippen molar-refractivity contribution in [3.63, 3.8) is 0 Å². The number of hydrogen-bond acceptors (Lipinski definition) is 6. The number of nitrogens with one attached hydrogen (secondary N) is 1. The number of hydrogen-bond donors (Lipinski definition) is 1. The molecule has 0 saturated carbocycles. The molecule has 1 aliphatic heterocycles. The summed E-state index contributed by atoms with van der Waals surface area (Å²) in [6.45, 7) is 1.25. The topological polar surface area (TPSA) is 71.1 Å². The van der Waals surface area contributed by atoms with Gasteiger partial charge < -0.3 is 9.64 Å². The van der Waals surface area contributed by atoms with Gasteiger partial charge in [-0.2, -0.15) is 5.10 Å². The maximum Gasteiger partial charge on any atom is 0.274 e. The molecule has 6 nitrogen and oxygen atoms in total. The van der Waals surface area contributed by atoms with Crippen LogP contribution < -0.4 is 4.74 Å². The molecule has 1 amide bonds. The van der Waals surface area contributed by atoms with E-state index in [4.69, 9.17) is 4.74 Å². The van der Waals surface area contributed by atoms with Crippen molar-refractivity contribution in [2.45, 2.75) is 12.5 Å². The minimum absolute atomic E-state index is 0.000748. The zero-order valence-electron chi connectivity index (χ0n) is 12.1. The third-order valence-corrected chi connectivity index (χ3v) is 5.26. The lowest BCUT2D eigenvalue weighted by Crippen LogP contribution is -2.31. The van der Waals surface area contributed by atoms with Crippen LogP contribution in [0.15, 0.2) is 35.2 Å². The summed E-state index contributed by atoms with van der Waals surface area (Å²) in [4.78, 5) is 19.5. The number of thiophene rings is 1. The Morgan fingerprint density at radius 3 is 3.13 bits per heavy atom. The summed E-state index contributed by atoms with van der Waals surface area (Å²) in [7, 11) is 0. The van der Waals surface area contributed by atoms with Gasteiger partial charge >= 0.3 is 0 Å². The van der Waals surface area contributed by atoms with Crippen LogP contribution in [0.25, 0.3) is 10.6 Å². The number of aromatic amines is 1. The molecule has 0 aliphatic carbocycles. The van der Waals surface area contributed by atoms with E-state index in [1.807, 2.05) is 29.0 Å². The first kappa shape index (κ1) is 14.4. The fourth-order valence-electron chi connectivity index (χ4n) is 2.57. The number of rotatable bonds is 4. The summed E-state index contributed by atoms with van der Waals surface area (Å²) < 4.78 is 5.78. The lowest BCUT2D eigenvalue weighted by atomic mass is 10.3. The van der Waals surface area contributed by atoms with Gasteiger partial charge in [0.2, 0.25) is 0 Å². The molecular weight excluding hydrogens is 332 g/mol. The maximum absolute atomic E-state index is 12.6. The van der Waals surface area contributed by atoms with Gasteiger partial charge in [0.15, 0.2) is 5.69 Å². The molecular formula is C15H14N4O2S2. The summed E-state index contributed by atoms with van der Waals surface area (Å²) in [5.41, 5.74) is 1.32. The van der Waals surface area contributed by atoms with Gasteiger partial charge in [0.05, 0.1) is 17.1 Å². The van der Waals surface area contributed by atoms with Gasteiger partial charge in [0.1, 0.15) is 6.10 Å². The molecule has 1 fully saturated rings. The fraction of sp³-hybridized carbons (Fsp3) is 0.267. The first-order valence-electron chi connectivity index (χ1n) is 7.24. The monoisotopic (exact) mass is 346 g/mol. The average Bonchev–Trinajstić information content (AvgIpc) is 3.33. The Morgan fingerprint density at radius 1 is 1.39 bits per heavy atom. The first-order valence-corrected chi connectivity index (χ1v) is 9.00. The molecule has 8 heteroatoms. The normalized spacial score (nSPS) is 17.6. The second-order valence-corrected chi connectivity index (χ2v) is 7.03. The van der Waals surface area contributed by atoms with E-state index in [-0.39, 0.29) is 12.0 Å². The van der Waals surface area contributed by atoms with E-state index in [1.54, 1.807) is 22.4 Å². The minimum atomic E-state index is -0.0608. The van der Waals surface area contributed by atoms with E-state index in [2.05, 4.69) is 15.2 Å². The molecule has 1 atom stereocenters. The molecule has 1 N–H and O–H groups in total. The van der Waals surface area contributed by atoms with Crippen molar-refractivity contribution >= 4 is 28.6 Å². The van der Waals surface area contributed by atoms with Crippen LogP contribution in [0.1, 0.15) is 16.9 Å². The Morgan fingerprint density at radius 2 is 2.35 bits per heavy atom. The van der Waals surface area contributed by atoms with E-state index < -0.39 is 0 Å². The van der Waals surface area contributed by atoms with Crippen molar-refractivity contribution in [3.05, 3.63) is 40.8 Å². The van der Waals surface area contributed by atoms with Crippen LogP contribution in [0.2, 0.25) is 0 Å². The van der Waals surface area contributed by atoms with E-state index in [0.29, 0.717) is 24.0 Å². The van der Waals surface area contributed by atoms with Crippen LogP contribution in [0.4, 0.5) is 0 Å². The summed E-state index contributed by atoms with van der Waals surface area (Å²) in [6.07, 6.45) is 2.53. The third kappa shape index (κ3) is 2.99. The van der Waals surface area contributed by atoms with Crippen molar-refractivity contribution in [1.82, 2.24) is 20.1 Å². The van der Waals surface area contributed by atoms with Crippen LogP contribution in [0.5, 0.6) is 5.19 Å². The van der Waals surface area contributed by atoms with Gasteiger partial charge in [-0.3, -0.25) is 9.89 Å². The number of H-pyrrole nitrogens is 1. The van der Waals surface area contributed by atoms with Crippen molar-refractivity contribution in [2.24, 2.45) is 0 Å². The largest absolute Gasteiger partial charge is 0.465 e. The highest BCUT2D eigenvalue weighted by Crippen LogP contribution is 2.25. The molecule has 1 aliphatic rings. The van der Waals surface area contributed by atoms with Crippen LogP contribution in [-0.4, -0.2) is 45.2 Å². The Kier molecular flexibility index (Phi) is 3.84. The highest BCUT2D eigenvalue weighted by molar-refractivity contribution is 7.13. The van der Waals surface area contributed by atoms with Crippen LogP contribution in [0, 0.1) is 0 Å². The Hall–Kier alpha value is -2.19. The Labute approximate surface area is 140 Å². The summed E-state index contributed by atoms with van der Waals surface area (Å²) in [6, 6.07) is 5.78. The second-order valence-electron chi connectivity index (χ2n) is 5.22. The third-order valence-electron chi connectivity index (χ3n) is 3.69. The van der Waals surface area contributed by atoms with E-state index in [0.717, 1.165) is 17.0 Å². The molecule has 0 radical (unpaired) electrons. The molecule has 23 heavy (non-hydrogen) atoms. The quantitative estimate of drug-likeness (QED) is 0.788. The first-order chi connectivity index (χ1) is 11.3. The minimum Gasteiger partial charge on any atom is -0.465 e. The molecule has 0 bridgehead atoms. The molecule has 4 heterocycles. The number of amides is 1. The molecule has 118 valence electrons. The molecule has 1 unspecified atom stereocenters. The SMILES string of the molecule is O=C(c1cc(-c2cccs2)[nH]n1)N1CCC(Oc2nccs2)C1. The molecule has 0 spiro atoms. The number of aromatic nitrogens is 3. The Bertz CT molecular complexity index is 782. The van der Waals surface area contributed by atoms with Crippen LogP contribution in [-0.2, 0) is 0 Å². The lowest BCUT2D eigenvalue weighted by molar-refractivity contribution is 0.0766. The van der Waals surface area contributed by atoms with Crippen molar-refractivity contribution in [1.29, 1.82) is 0 Å². The average molecular weight is 346 g/mol.